The van der Waals surface area contributed by atoms with Gasteiger partial charge < -0.3 is 11.1 Å². The molecule has 0 bridgehead atoms. The lowest BCUT2D eigenvalue weighted by atomic mass is 9.91. The second kappa shape index (κ2) is 5.14. The Morgan fingerprint density at radius 2 is 2.00 bits per heavy atom. The minimum atomic E-state index is -0.364. The summed E-state index contributed by atoms with van der Waals surface area (Å²) in [5.41, 5.74) is 6.71. The van der Waals surface area contributed by atoms with Crippen LogP contribution in [0.4, 0.5) is 11.4 Å². The van der Waals surface area contributed by atoms with Crippen LogP contribution in [0.2, 0.25) is 0 Å². The van der Waals surface area contributed by atoms with Gasteiger partial charge in [0, 0.05) is 18.2 Å². The maximum Gasteiger partial charge on any atom is 0.292 e. The molecule has 92 valence electrons. The van der Waals surface area contributed by atoms with Crippen molar-refractivity contribution in [3.63, 3.8) is 0 Å². The maximum atomic E-state index is 10.9. The maximum absolute atomic E-state index is 10.9. The number of para-hydroxylation sites is 2. The molecule has 1 aliphatic rings. The molecule has 5 heteroatoms. The van der Waals surface area contributed by atoms with E-state index in [0.29, 0.717) is 5.69 Å². The van der Waals surface area contributed by atoms with Crippen molar-refractivity contribution in [3.8, 4) is 0 Å². The molecule has 0 spiro atoms. The molecular formula is C12H17N3O2. The summed E-state index contributed by atoms with van der Waals surface area (Å²) in [5.74, 6) is 0. The molecule has 1 fully saturated rings. The summed E-state index contributed by atoms with van der Waals surface area (Å²) in [6.45, 7) is 0. The normalized spacial score (nSPS) is 24.3. The summed E-state index contributed by atoms with van der Waals surface area (Å²) in [6.07, 6.45) is 4.24. The van der Waals surface area contributed by atoms with E-state index in [1.54, 1.807) is 18.2 Å². The fraction of sp³-hybridized carbons (Fsp3) is 0.500. The standard InChI is InChI=1S/C12H17N3O2/c13-9-5-1-2-6-10(9)14-11-7-3-4-8-12(11)15(16)17/h3-4,7-10,14H,1-2,5-6,13H2. The zero-order valence-corrected chi connectivity index (χ0v) is 9.63. The van der Waals surface area contributed by atoms with Crippen LogP contribution in [0.3, 0.4) is 0 Å². The van der Waals surface area contributed by atoms with Crippen molar-refractivity contribution in [2.75, 3.05) is 5.32 Å². The van der Waals surface area contributed by atoms with Gasteiger partial charge in [-0.1, -0.05) is 25.0 Å². The Balaban J connectivity index is 2.14. The molecule has 5 nitrogen and oxygen atoms in total. The highest BCUT2D eigenvalue weighted by molar-refractivity contribution is 5.61. The molecule has 1 saturated carbocycles. The largest absolute Gasteiger partial charge is 0.375 e. The molecule has 2 atom stereocenters. The summed E-state index contributed by atoms with van der Waals surface area (Å²) in [6, 6.07) is 6.94. The highest BCUT2D eigenvalue weighted by Gasteiger charge is 2.23. The van der Waals surface area contributed by atoms with Crippen LogP contribution in [0.25, 0.3) is 0 Å². The Kier molecular flexibility index (Phi) is 3.58. The van der Waals surface area contributed by atoms with E-state index in [4.69, 9.17) is 5.73 Å². The fourth-order valence-electron chi connectivity index (χ4n) is 2.29. The molecule has 0 saturated heterocycles. The molecule has 0 heterocycles. The molecule has 2 unspecified atom stereocenters. The number of nitrogens with one attached hydrogen (secondary N) is 1. The van der Waals surface area contributed by atoms with Crippen molar-refractivity contribution < 1.29 is 4.92 Å². The number of hydrogen-bond acceptors (Lipinski definition) is 4. The first-order valence-corrected chi connectivity index (χ1v) is 5.94. The van der Waals surface area contributed by atoms with Crippen LogP contribution in [0, 0.1) is 10.1 Å². The molecule has 3 N–H and O–H groups in total. The predicted molar refractivity (Wildman–Crippen MR) is 67.0 cm³/mol. The minimum absolute atomic E-state index is 0.0866. The number of nitrogens with two attached hydrogens (primary N) is 1. The van der Waals surface area contributed by atoms with E-state index in [1.807, 2.05) is 0 Å². The average Bonchev–Trinajstić information content (AvgIpc) is 2.32. The van der Waals surface area contributed by atoms with Crippen LogP contribution >= 0.6 is 0 Å². The van der Waals surface area contributed by atoms with Crippen molar-refractivity contribution in [1.29, 1.82) is 0 Å². The first-order valence-electron chi connectivity index (χ1n) is 5.94. The molecule has 17 heavy (non-hydrogen) atoms. The Bertz CT molecular complexity index is 408. The number of hydrogen-bond donors (Lipinski definition) is 2. The van der Waals surface area contributed by atoms with Gasteiger partial charge in [-0.25, -0.2) is 0 Å². The number of nitro benzene ring substituents is 1. The Morgan fingerprint density at radius 1 is 1.29 bits per heavy atom. The molecular weight excluding hydrogens is 218 g/mol. The van der Waals surface area contributed by atoms with Gasteiger partial charge >= 0.3 is 0 Å². The van der Waals surface area contributed by atoms with Crippen LogP contribution in [0.1, 0.15) is 25.7 Å². The molecule has 1 aliphatic carbocycles. The summed E-state index contributed by atoms with van der Waals surface area (Å²) in [5, 5.41) is 14.1. The third kappa shape index (κ3) is 2.74. The van der Waals surface area contributed by atoms with Crippen molar-refractivity contribution in [2.45, 2.75) is 37.8 Å². The van der Waals surface area contributed by atoms with E-state index in [-0.39, 0.29) is 22.7 Å². The molecule has 2 rings (SSSR count). The number of anilines is 1. The summed E-state index contributed by atoms with van der Waals surface area (Å²) < 4.78 is 0. The van der Waals surface area contributed by atoms with Gasteiger partial charge in [-0.2, -0.15) is 0 Å². The third-order valence-electron chi connectivity index (χ3n) is 3.26. The molecule has 0 aromatic heterocycles. The number of nitrogens with zero attached hydrogens (tertiary/aromatic N) is 1. The number of nitro groups is 1. The van der Waals surface area contributed by atoms with Gasteiger partial charge in [0.25, 0.3) is 5.69 Å². The van der Waals surface area contributed by atoms with E-state index in [1.165, 1.54) is 6.07 Å². The monoisotopic (exact) mass is 235 g/mol. The van der Waals surface area contributed by atoms with E-state index in [0.717, 1.165) is 25.7 Å². The summed E-state index contributed by atoms with van der Waals surface area (Å²) in [4.78, 5) is 10.5. The Labute approximate surface area is 100 Å². The van der Waals surface area contributed by atoms with Crippen LogP contribution in [-0.2, 0) is 0 Å². The number of rotatable bonds is 3. The van der Waals surface area contributed by atoms with Crippen molar-refractivity contribution in [2.24, 2.45) is 5.73 Å². The SMILES string of the molecule is NC1CCCCC1Nc1ccccc1[N+](=O)[O-]. The van der Waals surface area contributed by atoms with Crippen LogP contribution in [-0.4, -0.2) is 17.0 Å². The van der Waals surface area contributed by atoms with Crippen molar-refractivity contribution in [1.82, 2.24) is 0 Å². The van der Waals surface area contributed by atoms with E-state index < -0.39 is 0 Å². The zero-order valence-electron chi connectivity index (χ0n) is 9.63. The first kappa shape index (κ1) is 11.9. The van der Waals surface area contributed by atoms with Crippen LogP contribution in [0.5, 0.6) is 0 Å². The lowest BCUT2D eigenvalue weighted by Gasteiger charge is -2.29. The third-order valence-corrected chi connectivity index (χ3v) is 3.26. The second-order valence-corrected chi connectivity index (χ2v) is 4.47. The second-order valence-electron chi connectivity index (χ2n) is 4.47. The van der Waals surface area contributed by atoms with Crippen molar-refractivity contribution in [3.05, 3.63) is 34.4 Å². The van der Waals surface area contributed by atoms with Gasteiger partial charge in [0.05, 0.1) is 4.92 Å². The topological polar surface area (TPSA) is 81.2 Å². The van der Waals surface area contributed by atoms with Gasteiger partial charge in [0.2, 0.25) is 0 Å². The van der Waals surface area contributed by atoms with Crippen LogP contribution < -0.4 is 11.1 Å². The molecule has 1 aromatic rings. The molecule has 0 aliphatic heterocycles. The number of benzene rings is 1. The van der Waals surface area contributed by atoms with Crippen molar-refractivity contribution >= 4 is 11.4 Å². The molecule has 1 aromatic carbocycles. The fourth-order valence-corrected chi connectivity index (χ4v) is 2.29. The average molecular weight is 235 g/mol. The van der Waals surface area contributed by atoms with E-state index in [2.05, 4.69) is 5.32 Å². The van der Waals surface area contributed by atoms with E-state index >= 15 is 0 Å². The Morgan fingerprint density at radius 3 is 2.71 bits per heavy atom. The van der Waals surface area contributed by atoms with E-state index in [9.17, 15) is 10.1 Å². The highest BCUT2D eigenvalue weighted by Crippen LogP contribution is 2.27. The Hall–Kier alpha value is -1.62. The molecule has 0 amide bonds. The van der Waals surface area contributed by atoms with Gasteiger partial charge in [-0.15, -0.1) is 0 Å². The first-order chi connectivity index (χ1) is 8.18. The lowest BCUT2D eigenvalue weighted by Crippen LogP contribution is -2.42. The van der Waals surface area contributed by atoms with Gasteiger partial charge in [0.15, 0.2) is 0 Å². The quantitative estimate of drug-likeness (QED) is 0.622. The summed E-state index contributed by atoms with van der Waals surface area (Å²) >= 11 is 0. The molecule has 0 radical (unpaired) electrons. The van der Waals surface area contributed by atoms with Crippen LogP contribution in [0.15, 0.2) is 24.3 Å². The summed E-state index contributed by atoms with van der Waals surface area (Å²) in [7, 11) is 0. The van der Waals surface area contributed by atoms with Gasteiger partial charge in [-0.3, -0.25) is 10.1 Å². The lowest BCUT2D eigenvalue weighted by molar-refractivity contribution is -0.384. The predicted octanol–water partition coefficient (Wildman–Crippen LogP) is 2.28. The smallest absolute Gasteiger partial charge is 0.292 e. The highest BCUT2D eigenvalue weighted by atomic mass is 16.6. The zero-order chi connectivity index (χ0) is 12.3. The van der Waals surface area contributed by atoms with Gasteiger partial charge in [0.1, 0.15) is 5.69 Å². The minimum Gasteiger partial charge on any atom is -0.375 e. The van der Waals surface area contributed by atoms with Gasteiger partial charge in [-0.05, 0) is 18.9 Å².